The zero-order chi connectivity index (χ0) is 16.2. The summed E-state index contributed by atoms with van der Waals surface area (Å²) < 4.78 is 0. The lowest BCUT2D eigenvalue weighted by Crippen LogP contribution is -2.02. The summed E-state index contributed by atoms with van der Waals surface area (Å²) in [6, 6.07) is 13.1. The fourth-order valence-electron chi connectivity index (χ4n) is 1.91. The first-order chi connectivity index (χ1) is 11.1. The van der Waals surface area contributed by atoms with Crippen molar-refractivity contribution in [2.45, 2.75) is 6.92 Å². The van der Waals surface area contributed by atoms with Gasteiger partial charge in [-0.3, -0.25) is 0 Å². The summed E-state index contributed by atoms with van der Waals surface area (Å²) in [5.74, 6) is 0.919. The van der Waals surface area contributed by atoms with E-state index in [-0.39, 0.29) is 0 Å². The van der Waals surface area contributed by atoms with Crippen molar-refractivity contribution >= 4 is 46.3 Å². The minimum absolute atomic E-state index is 0.339. The van der Waals surface area contributed by atoms with Gasteiger partial charge in [0.05, 0.1) is 16.9 Å². The first-order valence-corrected chi connectivity index (χ1v) is 7.61. The molecule has 0 aliphatic rings. The van der Waals surface area contributed by atoms with Gasteiger partial charge in [0.1, 0.15) is 0 Å². The second kappa shape index (κ2) is 6.81. The molecule has 0 fully saturated rings. The van der Waals surface area contributed by atoms with Gasteiger partial charge in [-0.15, -0.1) is 5.10 Å². The monoisotopic (exact) mass is 345 g/mol. The highest BCUT2D eigenvalue weighted by molar-refractivity contribution is 6.36. The molecule has 0 atom stereocenters. The third-order valence-corrected chi connectivity index (χ3v) is 3.61. The molecular formula is C16H13Cl2N5. The van der Waals surface area contributed by atoms with Crippen LogP contribution in [-0.2, 0) is 0 Å². The molecule has 0 saturated carbocycles. The molecule has 1 heterocycles. The molecule has 2 aromatic carbocycles. The molecule has 0 aliphatic heterocycles. The second-order valence-corrected chi connectivity index (χ2v) is 5.75. The Balaban J connectivity index is 1.78. The minimum Gasteiger partial charge on any atom is -0.339 e. The number of hydrogen-bond acceptors (Lipinski definition) is 5. The smallest absolute Gasteiger partial charge is 0.249 e. The van der Waals surface area contributed by atoms with Crippen LogP contribution in [0.4, 0.5) is 23.1 Å². The Hall–Kier alpha value is -2.37. The van der Waals surface area contributed by atoms with Crippen LogP contribution in [0.25, 0.3) is 0 Å². The van der Waals surface area contributed by atoms with Crippen molar-refractivity contribution in [3.05, 3.63) is 64.3 Å². The fourth-order valence-corrected chi connectivity index (χ4v) is 2.37. The molecule has 0 amide bonds. The number of halogens is 2. The Morgan fingerprint density at radius 3 is 2.48 bits per heavy atom. The largest absolute Gasteiger partial charge is 0.339 e. The summed E-state index contributed by atoms with van der Waals surface area (Å²) in [5.41, 5.74) is 2.77. The zero-order valence-corrected chi connectivity index (χ0v) is 13.7. The van der Waals surface area contributed by atoms with Crippen LogP contribution in [0.1, 0.15) is 5.56 Å². The van der Waals surface area contributed by atoms with Crippen LogP contribution in [0.2, 0.25) is 10.0 Å². The number of benzene rings is 2. The molecule has 0 spiro atoms. The zero-order valence-electron chi connectivity index (χ0n) is 12.2. The number of hydrogen-bond donors (Lipinski definition) is 2. The van der Waals surface area contributed by atoms with Gasteiger partial charge >= 0.3 is 0 Å². The third-order valence-electron chi connectivity index (χ3n) is 3.06. The van der Waals surface area contributed by atoms with Crippen molar-refractivity contribution in [1.82, 2.24) is 15.2 Å². The maximum atomic E-state index is 6.13. The van der Waals surface area contributed by atoms with E-state index in [1.807, 2.05) is 31.2 Å². The molecule has 7 heteroatoms. The van der Waals surface area contributed by atoms with E-state index in [4.69, 9.17) is 23.2 Å². The number of aryl methyl sites for hydroxylation is 1. The van der Waals surface area contributed by atoms with E-state index < -0.39 is 0 Å². The number of nitrogens with one attached hydrogen (secondary N) is 2. The van der Waals surface area contributed by atoms with Crippen molar-refractivity contribution < 1.29 is 0 Å². The Labute approximate surface area is 143 Å². The molecule has 3 aromatic rings. The van der Waals surface area contributed by atoms with Gasteiger partial charge in [-0.2, -0.15) is 10.1 Å². The maximum Gasteiger partial charge on any atom is 0.249 e. The molecule has 0 bridgehead atoms. The Morgan fingerprint density at radius 1 is 0.957 bits per heavy atom. The molecule has 2 N–H and O–H groups in total. The van der Waals surface area contributed by atoms with Crippen LogP contribution in [0.5, 0.6) is 0 Å². The van der Waals surface area contributed by atoms with Crippen molar-refractivity contribution in [3.63, 3.8) is 0 Å². The third kappa shape index (κ3) is 4.09. The lowest BCUT2D eigenvalue weighted by Gasteiger charge is -2.09. The van der Waals surface area contributed by atoms with Gasteiger partial charge in [0, 0.05) is 10.7 Å². The van der Waals surface area contributed by atoms with Crippen molar-refractivity contribution in [1.29, 1.82) is 0 Å². The summed E-state index contributed by atoms with van der Waals surface area (Å²) in [6.45, 7) is 2.04. The van der Waals surface area contributed by atoms with Crippen LogP contribution in [-0.4, -0.2) is 15.2 Å². The van der Waals surface area contributed by atoms with E-state index in [0.29, 0.717) is 27.5 Å². The highest BCUT2D eigenvalue weighted by atomic mass is 35.5. The van der Waals surface area contributed by atoms with Crippen LogP contribution in [0.15, 0.2) is 48.7 Å². The van der Waals surface area contributed by atoms with Gasteiger partial charge in [-0.25, -0.2) is 0 Å². The Bertz CT molecular complexity index is 821. The Morgan fingerprint density at radius 2 is 1.74 bits per heavy atom. The maximum absolute atomic E-state index is 6.13. The molecule has 0 radical (unpaired) electrons. The molecule has 1 aromatic heterocycles. The molecule has 116 valence electrons. The van der Waals surface area contributed by atoms with E-state index >= 15 is 0 Å². The molecule has 0 aliphatic carbocycles. The van der Waals surface area contributed by atoms with E-state index in [1.165, 1.54) is 5.56 Å². The average Bonchev–Trinajstić information content (AvgIpc) is 2.53. The lowest BCUT2D eigenvalue weighted by atomic mass is 10.2. The van der Waals surface area contributed by atoms with Crippen molar-refractivity contribution in [2.24, 2.45) is 0 Å². The predicted octanol–water partition coefficient (Wildman–Crippen LogP) is 4.97. The lowest BCUT2D eigenvalue weighted by molar-refractivity contribution is 0.982. The fraction of sp³-hybridized carbons (Fsp3) is 0.0625. The number of rotatable bonds is 4. The van der Waals surface area contributed by atoms with Crippen LogP contribution >= 0.6 is 23.2 Å². The van der Waals surface area contributed by atoms with Gasteiger partial charge in [0.25, 0.3) is 0 Å². The molecule has 23 heavy (non-hydrogen) atoms. The van der Waals surface area contributed by atoms with Gasteiger partial charge in [-0.05, 0) is 37.3 Å². The first kappa shape index (κ1) is 15.5. The summed E-state index contributed by atoms with van der Waals surface area (Å²) in [6.07, 6.45) is 1.55. The number of anilines is 4. The molecule has 0 saturated heterocycles. The van der Waals surface area contributed by atoms with Gasteiger partial charge in [0.15, 0.2) is 5.82 Å². The number of aromatic nitrogens is 3. The minimum atomic E-state index is 0.339. The van der Waals surface area contributed by atoms with Gasteiger partial charge in [0.2, 0.25) is 5.95 Å². The number of nitrogens with zero attached hydrogens (tertiary/aromatic N) is 3. The molecule has 5 nitrogen and oxygen atoms in total. The average molecular weight is 346 g/mol. The summed E-state index contributed by atoms with van der Waals surface area (Å²) in [5, 5.41) is 15.1. The topological polar surface area (TPSA) is 62.7 Å². The standard InChI is InChI=1S/C16H13Cl2N5/c1-10-2-5-12(6-3-10)20-15-9-19-23-16(22-15)21-14-7-4-11(17)8-13(14)18/h2-9H,1H3,(H2,20,21,22,23). The van der Waals surface area contributed by atoms with Gasteiger partial charge < -0.3 is 10.6 Å². The van der Waals surface area contributed by atoms with E-state index in [0.717, 1.165) is 5.69 Å². The van der Waals surface area contributed by atoms with Crippen molar-refractivity contribution in [3.8, 4) is 0 Å². The normalized spacial score (nSPS) is 10.4. The highest BCUT2D eigenvalue weighted by Gasteiger charge is 2.05. The van der Waals surface area contributed by atoms with E-state index in [9.17, 15) is 0 Å². The summed E-state index contributed by atoms with van der Waals surface area (Å²) >= 11 is 12.0. The van der Waals surface area contributed by atoms with E-state index in [2.05, 4.69) is 25.8 Å². The van der Waals surface area contributed by atoms with Crippen LogP contribution in [0.3, 0.4) is 0 Å². The highest BCUT2D eigenvalue weighted by Crippen LogP contribution is 2.27. The first-order valence-electron chi connectivity index (χ1n) is 6.86. The predicted molar refractivity (Wildman–Crippen MR) is 94.0 cm³/mol. The molecular weight excluding hydrogens is 333 g/mol. The SMILES string of the molecule is Cc1ccc(Nc2cnnc(Nc3ccc(Cl)cc3Cl)n2)cc1. The summed E-state index contributed by atoms with van der Waals surface area (Å²) in [4.78, 5) is 4.36. The van der Waals surface area contributed by atoms with Crippen molar-refractivity contribution in [2.75, 3.05) is 10.6 Å². The second-order valence-electron chi connectivity index (χ2n) is 4.91. The van der Waals surface area contributed by atoms with Crippen LogP contribution in [0, 0.1) is 6.92 Å². The van der Waals surface area contributed by atoms with Crippen LogP contribution < -0.4 is 10.6 Å². The summed E-state index contributed by atoms with van der Waals surface area (Å²) in [7, 11) is 0. The van der Waals surface area contributed by atoms with E-state index in [1.54, 1.807) is 24.4 Å². The quantitative estimate of drug-likeness (QED) is 0.698. The molecule has 0 unspecified atom stereocenters. The Kier molecular flexibility index (Phi) is 4.60. The molecule has 3 rings (SSSR count). The van der Waals surface area contributed by atoms with Gasteiger partial charge in [-0.1, -0.05) is 40.9 Å².